The Hall–Kier alpha value is -3.10. The number of carbonyl (C=O) groups excluding carboxylic acids is 2. The van der Waals surface area contributed by atoms with E-state index in [9.17, 15) is 9.59 Å². The van der Waals surface area contributed by atoms with Crippen LogP contribution in [0.25, 0.3) is 0 Å². The van der Waals surface area contributed by atoms with Crippen LogP contribution in [-0.4, -0.2) is 47.7 Å². The van der Waals surface area contributed by atoms with Crippen LogP contribution >= 0.6 is 0 Å². The van der Waals surface area contributed by atoms with Gasteiger partial charge >= 0.3 is 12.2 Å². The highest BCUT2D eigenvalue weighted by molar-refractivity contribution is 5.68. The van der Waals surface area contributed by atoms with E-state index in [-0.39, 0.29) is 37.5 Å². The fourth-order valence-electron chi connectivity index (χ4n) is 4.61. The van der Waals surface area contributed by atoms with Crippen molar-refractivity contribution in [3.63, 3.8) is 0 Å². The van der Waals surface area contributed by atoms with E-state index in [1.54, 1.807) is 0 Å². The minimum absolute atomic E-state index is 0.144. The molecule has 2 aliphatic rings. The van der Waals surface area contributed by atoms with Crippen LogP contribution in [0.5, 0.6) is 0 Å². The summed E-state index contributed by atoms with van der Waals surface area (Å²) in [7, 11) is 0. The molecule has 0 unspecified atom stereocenters. The Morgan fingerprint density at radius 1 is 0.667 bits per heavy atom. The predicted molar refractivity (Wildman–Crippen MR) is 136 cm³/mol. The summed E-state index contributed by atoms with van der Waals surface area (Å²) < 4.78 is 10.3. The Morgan fingerprint density at radius 3 is 1.39 bits per heavy atom. The molecule has 0 heterocycles. The Bertz CT molecular complexity index is 835. The predicted octanol–water partition coefficient (Wildman–Crippen LogP) is 4.15. The second-order valence-electron chi connectivity index (χ2n) is 9.53. The van der Waals surface area contributed by atoms with E-state index >= 15 is 0 Å². The minimum Gasteiger partial charge on any atom is -0.445 e. The highest BCUT2D eigenvalue weighted by atomic mass is 16.6. The lowest BCUT2D eigenvalue weighted by Crippen LogP contribution is -2.33. The molecule has 4 atom stereocenters. The first kappa shape index (κ1) is 27.5. The maximum atomic E-state index is 11.6. The van der Waals surface area contributed by atoms with Crippen LogP contribution in [0.3, 0.4) is 0 Å². The van der Waals surface area contributed by atoms with E-state index in [1.807, 2.05) is 60.7 Å². The molecule has 2 aromatic rings. The molecule has 4 N–H and O–H groups in total. The van der Waals surface area contributed by atoms with E-state index in [1.165, 1.54) is 0 Å². The number of hydrogen-bond donors (Lipinski definition) is 4. The third-order valence-corrected chi connectivity index (χ3v) is 6.67. The SMILES string of the molecule is O=C(N[C@@H]1CC[C@H](CO)C1)OCc1ccccc1.O=C(N[C@H]1CC[C@@H](CO)C1)OCc1ccccc1. The number of benzene rings is 2. The quantitative estimate of drug-likeness (QED) is 0.434. The number of carbonyl (C=O) groups is 2. The normalized spacial score (nSPS) is 22.7. The molecule has 0 aliphatic heterocycles. The van der Waals surface area contributed by atoms with Crippen molar-refractivity contribution in [1.29, 1.82) is 0 Å². The van der Waals surface area contributed by atoms with Gasteiger partial charge in [0.1, 0.15) is 13.2 Å². The molecule has 8 heteroatoms. The molecule has 0 bridgehead atoms. The summed E-state index contributed by atoms with van der Waals surface area (Å²) in [4.78, 5) is 23.1. The molecule has 196 valence electrons. The highest BCUT2D eigenvalue weighted by Gasteiger charge is 2.26. The number of aliphatic hydroxyl groups excluding tert-OH is 2. The molecular formula is C28H38N2O6. The number of alkyl carbamates (subject to hydrolysis) is 2. The Labute approximate surface area is 213 Å². The second-order valence-corrected chi connectivity index (χ2v) is 9.53. The van der Waals surface area contributed by atoms with Crippen molar-refractivity contribution in [1.82, 2.24) is 10.6 Å². The number of amides is 2. The summed E-state index contributed by atoms with van der Waals surface area (Å²) in [5.74, 6) is 0.647. The Kier molecular flexibility index (Phi) is 11.5. The third-order valence-electron chi connectivity index (χ3n) is 6.67. The molecule has 36 heavy (non-hydrogen) atoms. The van der Waals surface area contributed by atoms with Crippen molar-refractivity contribution in [2.24, 2.45) is 11.8 Å². The van der Waals surface area contributed by atoms with E-state index in [2.05, 4.69) is 10.6 Å². The lowest BCUT2D eigenvalue weighted by atomic mass is 10.1. The van der Waals surface area contributed by atoms with Crippen LogP contribution in [0.2, 0.25) is 0 Å². The van der Waals surface area contributed by atoms with E-state index in [0.717, 1.165) is 49.7 Å². The Morgan fingerprint density at radius 2 is 1.06 bits per heavy atom. The molecular weight excluding hydrogens is 460 g/mol. The molecule has 0 radical (unpaired) electrons. The summed E-state index contributed by atoms with van der Waals surface area (Å²) in [5, 5.41) is 23.7. The van der Waals surface area contributed by atoms with Gasteiger partial charge in [0.2, 0.25) is 0 Å². The molecule has 2 amide bonds. The Balaban J connectivity index is 0.000000201. The highest BCUT2D eigenvalue weighted by Crippen LogP contribution is 2.25. The first-order chi connectivity index (χ1) is 17.6. The molecule has 0 aromatic heterocycles. The van der Waals surface area contributed by atoms with Crippen molar-refractivity contribution in [3.05, 3.63) is 71.8 Å². The summed E-state index contributed by atoms with van der Waals surface area (Å²) in [6.07, 6.45) is 4.73. The van der Waals surface area contributed by atoms with Crippen molar-refractivity contribution >= 4 is 12.2 Å². The lowest BCUT2D eigenvalue weighted by molar-refractivity contribution is 0.134. The standard InChI is InChI=1S/2C14H19NO3/c2*16-9-12-6-7-13(8-12)15-14(17)18-10-11-4-2-1-3-5-11/h2*1-5,12-13,16H,6-10H2,(H,15,17)/t2*12-,13+/m10/s1. The molecule has 0 spiro atoms. The average molecular weight is 499 g/mol. The van der Waals surface area contributed by atoms with Gasteiger partial charge in [-0.3, -0.25) is 0 Å². The topological polar surface area (TPSA) is 117 Å². The maximum Gasteiger partial charge on any atom is 0.407 e. The zero-order valence-electron chi connectivity index (χ0n) is 20.7. The summed E-state index contributed by atoms with van der Waals surface area (Å²) in [5.41, 5.74) is 1.96. The van der Waals surface area contributed by atoms with Crippen molar-refractivity contribution < 1.29 is 29.3 Å². The number of hydrogen-bond acceptors (Lipinski definition) is 6. The van der Waals surface area contributed by atoms with Crippen LogP contribution in [0.1, 0.15) is 49.7 Å². The fourth-order valence-corrected chi connectivity index (χ4v) is 4.61. The van der Waals surface area contributed by atoms with E-state index < -0.39 is 0 Å². The van der Waals surface area contributed by atoms with Gasteiger partial charge in [0.25, 0.3) is 0 Å². The van der Waals surface area contributed by atoms with Gasteiger partial charge in [-0.25, -0.2) is 9.59 Å². The van der Waals surface area contributed by atoms with Crippen LogP contribution < -0.4 is 10.6 Å². The molecule has 2 saturated carbocycles. The summed E-state index contributed by atoms with van der Waals surface area (Å²) in [6, 6.07) is 19.5. The monoisotopic (exact) mass is 498 g/mol. The maximum absolute atomic E-state index is 11.6. The fraction of sp³-hybridized carbons (Fsp3) is 0.500. The van der Waals surface area contributed by atoms with Gasteiger partial charge < -0.3 is 30.3 Å². The van der Waals surface area contributed by atoms with E-state index in [0.29, 0.717) is 25.0 Å². The number of rotatable bonds is 8. The molecule has 0 saturated heterocycles. The van der Waals surface area contributed by atoms with Crippen LogP contribution in [0, 0.1) is 11.8 Å². The number of aliphatic hydroxyl groups is 2. The minimum atomic E-state index is -0.373. The van der Waals surface area contributed by atoms with Gasteiger partial charge in [-0.15, -0.1) is 0 Å². The van der Waals surface area contributed by atoms with Gasteiger partial charge in [-0.2, -0.15) is 0 Å². The largest absolute Gasteiger partial charge is 0.445 e. The molecule has 2 fully saturated rings. The smallest absolute Gasteiger partial charge is 0.407 e. The van der Waals surface area contributed by atoms with Gasteiger partial charge in [0.15, 0.2) is 0 Å². The van der Waals surface area contributed by atoms with Crippen molar-refractivity contribution in [2.45, 2.75) is 63.8 Å². The molecule has 2 aliphatic carbocycles. The zero-order valence-corrected chi connectivity index (χ0v) is 20.7. The van der Waals surface area contributed by atoms with Gasteiger partial charge in [-0.05, 0) is 61.5 Å². The van der Waals surface area contributed by atoms with Gasteiger partial charge in [0, 0.05) is 25.3 Å². The zero-order chi connectivity index (χ0) is 25.6. The lowest BCUT2D eigenvalue weighted by Gasteiger charge is -2.13. The average Bonchev–Trinajstić information content (AvgIpc) is 3.57. The molecule has 2 aromatic carbocycles. The first-order valence-electron chi connectivity index (χ1n) is 12.7. The second kappa shape index (κ2) is 15.1. The summed E-state index contributed by atoms with van der Waals surface area (Å²) >= 11 is 0. The van der Waals surface area contributed by atoms with Crippen LogP contribution in [0.15, 0.2) is 60.7 Å². The van der Waals surface area contributed by atoms with Gasteiger partial charge in [-0.1, -0.05) is 60.7 Å². The van der Waals surface area contributed by atoms with Crippen LogP contribution in [0.4, 0.5) is 9.59 Å². The first-order valence-corrected chi connectivity index (χ1v) is 12.7. The van der Waals surface area contributed by atoms with E-state index in [4.69, 9.17) is 19.7 Å². The van der Waals surface area contributed by atoms with Crippen molar-refractivity contribution in [2.75, 3.05) is 13.2 Å². The molecule has 4 rings (SSSR count). The summed E-state index contributed by atoms with van der Waals surface area (Å²) in [6.45, 7) is 1.00. The van der Waals surface area contributed by atoms with Crippen LogP contribution in [-0.2, 0) is 22.7 Å². The molecule has 8 nitrogen and oxygen atoms in total. The van der Waals surface area contributed by atoms with Gasteiger partial charge in [0.05, 0.1) is 0 Å². The van der Waals surface area contributed by atoms with Crippen molar-refractivity contribution in [3.8, 4) is 0 Å². The third kappa shape index (κ3) is 9.87. The number of ether oxygens (including phenoxy) is 2. The number of nitrogens with one attached hydrogen (secondary N) is 2.